The third-order valence-electron chi connectivity index (χ3n) is 4.82. The minimum absolute atomic E-state index is 0.0178. The van der Waals surface area contributed by atoms with Crippen LogP contribution in [0.4, 0.5) is 17.8 Å². The zero-order valence-electron chi connectivity index (χ0n) is 16.8. The molecule has 2 aliphatic heterocycles. The van der Waals surface area contributed by atoms with Crippen LogP contribution in [0.1, 0.15) is 5.56 Å². The van der Waals surface area contributed by atoms with Crippen LogP contribution in [0.5, 0.6) is 11.5 Å². The van der Waals surface area contributed by atoms with E-state index in [2.05, 4.69) is 35.3 Å². The van der Waals surface area contributed by atoms with Gasteiger partial charge in [0.1, 0.15) is 0 Å². The second-order valence-electron chi connectivity index (χ2n) is 6.73. The molecule has 11 heteroatoms. The van der Waals surface area contributed by atoms with Crippen LogP contribution in [-0.4, -0.2) is 86.0 Å². The van der Waals surface area contributed by atoms with Gasteiger partial charge in [-0.05, 0) is 12.1 Å². The van der Waals surface area contributed by atoms with Crippen molar-refractivity contribution in [3.63, 3.8) is 0 Å². The second-order valence-corrected chi connectivity index (χ2v) is 6.73. The molecule has 2 saturated heterocycles. The van der Waals surface area contributed by atoms with Gasteiger partial charge in [-0.25, -0.2) is 5.43 Å². The van der Waals surface area contributed by atoms with E-state index in [1.54, 1.807) is 18.2 Å². The minimum atomic E-state index is 0.0178. The van der Waals surface area contributed by atoms with Crippen molar-refractivity contribution in [1.82, 2.24) is 15.0 Å². The first kappa shape index (κ1) is 20.1. The molecular weight excluding hydrogens is 390 g/mol. The van der Waals surface area contributed by atoms with Crippen molar-refractivity contribution in [3.05, 3.63) is 23.8 Å². The molecule has 0 saturated carbocycles. The molecule has 0 bridgehead atoms. The largest absolute Gasteiger partial charge is 0.504 e. The van der Waals surface area contributed by atoms with E-state index in [9.17, 15) is 5.11 Å². The van der Waals surface area contributed by atoms with E-state index in [0.29, 0.717) is 81.8 Å². The highest BCUT2D eigenvalue weighted by molar-refractivity contribution is 5.85. The lowest BCUT2D eigenvalue weighted by Crippen LogP contribution is -2.40. The van der Waals surface area contributed by atoms with Crippen LogP contribution in [0.2, 0.25) is 0 Å². The Labute approximate surface area is 174 Å². The summed E-state index contributed by atoms with van der Waals surface area (Å²) in [6, 6.07) is 5.18. The molecule has 0 atom stereocenters. The highest BCUT2D eigenvalue weighted by Gasteiger charge is 2.20. The Balaban J connectivity index is 1.56. The van der Waals surface area contributed by atoms with Crippen LogP contribution in [-0.2, 0) is 9.47 Å². The number of aromatic hydroxyl groups is 1. The summed E-state index contributed by atoms with van der Waals surface area (Å²) in [6.07, 6.45) is 1.49. The molecule has 2 N–H and O–H groups in total. The highest BCUT2D eigenvalue weighted by Crippen LogP contribution is 2.28. The standard InChI is InChI=1S/C19H25N7O4/c1-28-15-4-2-3-14(16(15)27)13-20-24-17-21-18(25-5-9-29-10-6-25)23-19(22-17)26-7-11-30-12-8-26/h2-4,13,27H,5-12H2,1H3,(H,21,22,23,24)/b20-13+. The van der Waals surface area contributed by atoms with E-state index in [0.717, 1.165) is 0 Å². The summed E-state index contributed by atoms with van der Waals surface area (Å²) in [5.74, 6) is 1.88. The first-order chi connectivity index (χ1) is 14.7. The van der Waals surface area contributed by atoms with Gasteiger partial charge in [-0.3, -0.25) is 0 Å². The topological polar surface area (TPSA) is 117 Å². The number of nitrogens with zero attached hydrogens (tertiary/aromatic N) is 6. The Bertz CT molecular complexity index is 847. The predicted molar refractivity (Wildman–Crippen MR) is 112 cm³/mol. The van der Waals surface area contributed by atoms with E-state index >= 15 is 0 Å². The van der Waals surface area contributed by atoms with Crippen molar-refractivity contribution >= 4 is 24.1 Å². The predicted octanol–water partition coefficient (Wildman–Crippen LogP) is 0.705. The average Bonchev–Trinajstić information content (AvgIpc) is 2.81. The third-order valence-corrected chi connectivity index (χ3v) is 4.82. The van der Waals surface area contributed by atoms with Crippen LogP contribution in [0.3, 0.4) is 0 Å². The molecule has 0 radical (unpaired) electrons. The van der Waals surface area contributed by atoms with Gasteiger partial charge >= 0.3 is 0 Å². The molecule has 2 aromatic rings. The van der Waals surface area contributed by atoms with Gasteiger partial charge in [0.25, 0.3) is 0 Å². The Morgan fingerprint density at radius 3 is 2.17 bits per heavy atom. The molecule has 2 fully saturated rings. The number of hydrogen-bond donors (Lipinski definition) is 2. The Kier molecular flexibility index (Phi) is 6.40. The van der Waals surface area contributed by atoms with E-state index in [4.69, 9.17) is 14.2 Å². The molecule has 0 spiro atoms. The maximum atomic E-state index is 10.2. The van der Waals surface area contributed by atoms with Crippen LogP contribution < -0.4 is 20.0 Å². The molecule has 1 aromatic carbocycles. The average molecular weight is 415 g/mol. The lowest BCUT2D eigenvalue weighted by Gasteiger charge is -2.30. The number of phenolic OH excluding ortho intramolecular Hbond substituents is 1. The lowest BCUT2D eigenvalue weighted by molar-refractivity contribution is 0.121. The van der Waals surface area contributed by atoms with Gasteiger partial charge in [0.15, 0.2) is 11.5 Å². The van der Waals surface area contributed by atoms with Crippen LogP contribution in [0.25, 0.3) is 0 Å². The Hall–Kier alpha value is -3.18. The number of phenols is 1. The summed E-state index contributed by atoms with van der Waals surface area (Å²) in [5.41, 5.74) is 3.37. The molecule has 1 aromatic heterocycles. The fourth-order valence-electron chi connectivity index (χ4n) is 3.18. The van der Waals surface area contributed by atoms with Gasteiger partial charge in [0, 0.05) is 31.7 Å². The van der Waals surface area contributed by atoms with Gasteiger partial charge in [-0.15, -0.1) is 0 Å². The van der Waals surface area contributed by atoms with Crippen LogP contribution in [0.15, 0.2) is 23.3 Å². The highest BCUT2D eigenvalue weighted by atomic mass is 16.5. The second kappa shape index (κ2) is 9.55. The van der Waals surface area contributed by atoms with Crippen molar-refractivity contribution in [3.8, 4) is 11.5 Å². The quantitative estimate of drug-likeness (QED) is 0.516. The van der Waals surface area contributed by atoms with Gasteiger partial charge in [-0.1, -0.05) is 6.07 Å². The molecule has 2 aliphatic rings. The van der Waals surface area contributed by atoms with Gasteiger partial charge < -0.3 is 29.1 Å². The number of hydrazone groups is 1. The van der Waals surface area contributed by atoms with E-state index in [1.807, 2.05) is 0 Å². The number of rotatable bonds is 6. The van der Waals surface area contributed by atoms with E-state index < -0.39 is 0 Å². The number of para-hydroxylation sites is 1. The van der Waals surface area contributed by atoms with Crippen molar-refractivity contribution in [1.29, 1.82) is 0 Å². The van der Waals surface area contributed by atoms with Crippen LogP contribution in [0, 0.1) is 0 Å². The summed E-state index contributed by atoms with van der Waals surface area (Å²) >= 11 is 0. The van der Waals surface area contributed by atoms with Crippen LogP contribution >= 0.6 is 0 Å². The fourth-order valence-corrected chi connectivity index (χ4v) is 3.18. The van der Waals surface area contributed by atoms with E-state index in [-0.39, 0.29) is 5.75 Å². The summed E-state index contributed by atoms with van der Waals surface area (Å²) in [7, 11) is 1.50. The molecule has 0 aliphatic carbocycles. The summed E-state index contributed by atoms with van der Waals surface area (Å²) < 4.78 is 16.0. The summed E-state index contributed by atoms with van der Waals surface area (Å²) in [6.45, 7) is 5.40. The molecule has 160 valence electrons. The van der Waals surface area contributed by atoms with Gasteiger partial charge in [0.05, 0.1) is 39.8 Å². The molecule has 30 heavy (non-hydrogen) atoms. The van der Waals surface area contributed by atoms with Crippen molar-refractivity contribution < 1.29 is 19.3 Å². The molecule has 3 heterocycles. The smallest absolute Gasteiger partial charge is 0.250 e. The monoisotopic (exact) mass is 415 g/mol. The van der Waals surface area contributed by atoms with Crippen molar-refractivity contribution in [2.24, 2.45) is 5.10 Å². The SMILES string of the molecule is COc1cccc(/C=N/Nc2nc(N3CCOCC3)nc(N3CCOCC3)n2)c1O. The number of benzene rings is 1. The number of hydrogen-bond acceptors (Lipinski definition) is 11. The Morgan fingerprint density at radius 2 is 1.60 bits per heavy atom. The molecule has 0 unspecified atom stereocenters. The molecule has 11 nitrogen and oxygen atoms in total. The van der Waals surface area contributed by atoms with E-state index in [1.165, 1.54) is 13.3 Å². The third kappa shape index (κ3) is 4.69. The number of aromatic nitrogens is 3. The number of anilines is 3. The zero-order chi connectivity index (χ0) is 20.8. The van der Waals surface area contributed by atoms with Gasteiger partial charge in [0.2, 0.25) is 17.8 Å². The van der Waals surface area contributed by atoms with Gasteiger partial charge in [-0.2, -0.15) is 20.1 Å². The molecule has 0 amide bonds. The van der Waals surface area contributed by atoms with Crippen molar-refractivity contribution in [2.45, 2.75) is 0 Å². The zero-order valence-corrected chi connectivity index (χ0v) is 16.8. The Morgan fingerprint density at radius 1 is 1.00 bits per heavy atom. The number of ether oxygens (including phenoxy) is 3. The first-order valence-electron chi connectivity index (χ1n) is 9.81. The number of nitrogens with one attached hydrogen (secondary N) is 1. The number of morpholine rings is 2. The molecular formula is C19H25N7O4. The lowest BCUT2D eigenvalue weighted by atomic mass is 10.2. The maximum Gasteiger partial charge on any atom is 0.250 e. The fraction of sp³-hybridized carbons (Fsp3) is 0.474. The summed E-state index contributed by atoms with van der Waals surface area (Å²) in [4.78, 5) is 17.8. The van der Waals surface area contributed by atoms with Crippen molar-refractivity contribution in [2.75, 3.05) is 74.9 Å². The summed E-state index contributed by atoms with van der Waals surface area (Å²) in [5, 5.41) is 14.4. The maximum absolute atomic E-state index is 10.2. The minimum Gasteiger partial charge on any atom is -0.504 e. The molecule has 4 rings (SSSR count). The number of methoxy groups -OCH3 is 1. The first-order valence-corrected chi connectivity index (χ1v) is 9.81. The normalized spacial score (nSPS) is 17.4.